The first-order valence-corrected chi connectivity index (χ1v) is 5.84. The van der Waals surface area contributed by atoms with Crippen LogP contribution in [0.25, 0.3) is 5.69 Å². The molecule has 0 saturated heterocycles. The van der Waals surface area contributed by atoms with Gasteiger partial charge < -0.3 is 15.2 Å². The van der Waals surface area contributed by atoms with Crippen LogP contribution in [-0.4, -0.2) is 29.5 Å². The molecule has 0 spiro atoms. The molecule has 1 heterocycles. The molecule has 0 saturated carbocycles. The second-order valence-corrected chi connectivity index (χ2v) is 3.74. The number of nitrogens with two attached hydrogens (primary N) is 1. The van der Waals surface area contributed by atoms with Gasteiger partial charge in [0.05, 0.1) is 19.4 Å². The average Bonchev–Trinajstić information content (AvgIpc) is 2.76. The predicted molar refractivity (Wildman–Crippen MR) is 70.5 cm³/mol. The monoisotopic (exact) mass is 261 g/mol. The summed E-state index contributed by atoms with van der Waals surface area (Å²) in [4.78, 5) is 11.7. The van der Waals surface area contributed by atoms with Crippen molar-refractivity contribution in [1.29, 1.82) is 0 Å². The molecule has 0 fully saturated rings. The zero-order valence-electron chi connectivity index (χ0n) is 10.8. The Labute approximate surface area is 110 Å². The number of methoxy groups -OCH3 is 1. The van der Waals surface area contributed by atoms with Crippen molar-refractivity contribution in [2.75, 3.05) is 19.5 Å². The maximum absolute atomic E-state index is 11.7. The molecule has 0 aliphatic rings. The molecule has 2 N–H and O–H groups in total. The summed E-state index contributed by atoms with van der Waals surface area (Å²) >= 11 is 0. The number of carbonyl (C=O) groups is 1. The van der Waals surface area contributed by atoms with Crippen LogP contribution in [0.3, 0.4) is 0 Å². The van der Waals surface area contributed by atoms with E-state index < -0.39 is 5.97 Å². The molecular weight excluding hydrogens is 246 g/mol. The number of ether oxygens (including phenoxy) is 2. The van der Waals surface area contributed by atoms with E-state index in [0.717, 1.165) is 5.69 Å². The molecule has 0 aliphatic heterocycles. The molecule has 1 aromatic carbocycles. The highest BCUT2D eigenvalue weighted by Crippen LogP contribution is 2.27. The van der Waals surface area contributed by atoms with Crippen molar-refractivity contribution >= 4 is 11.8 Å². The molecule has 2 rings (SSSR count). The van der Waals surface area contributed by atoms with E-state index in [4.69, 9.17) is 15.2 Å². The molecule has 19 heavy (non-hydrogen) atoms. The summed E-state index contributed by atoms with van der Waals surface area (Å²) in [5.41, 5.74) is 6.86. The van der Waals surface area contributed by atoms with Gasteiger partial charge in [-0.3, -0.25) is 0 Å². The fourth-order valence-corrected chi connectivity index (χ4v) is 1.71. The number of para-hydroxylation sites is 1. The number of anilines is 1. The van der Waals surface area contributed by atoms with Gasteiger partial charge in [0.1, 0.15) is 5.82 Å². The minimum absolute atomic E-state index is 0.146. The number of aromatic nitrogens is 2. The Morgan fingerprint density at radius 2 is 2.05 bits per heavy atom. The molecule has 2 aromatic rings. The molecule has 0 unspecified atom stereocenters. The number of hydrogen-bond acceptors (Lipinski definition) is 5. The van der Waals surface area contributed by atoms with E-state index in [1.54, 1.807) is 6.92 Å². The lowest BCUT2D eigenvalue weighted by molar-refractivity contribution is 0.0597. The van der Waals surface area contributed by atoms with Crippen molar-refractivity contribution in [2.24, 2.45) is 0 Å². The maximum Gasteiger partial charge on any atom is 0.347 e. The standard InChI is InChI=1S/C13H15N3O3/c1-3-19-12-10(13(17)18-2)11(14)16(15-12)9-7-5-4-6-8-9/h4-8H,3,14H2,1-2H3. The van der Waals surface area contributed by atoms with Crippen LogP contribution in [0.4, 0.5) is 5.82 Å². The summed E-state index contributed by atoms with van der Waals surface area (Å²) in [5, 5.41) is 4.21. The zero-order valence-corrected chi connectivity index (χ0v) is 10.8. The van der Waals surface area contributed by atoms with Crippen molar-refractivity contribution in [2.45, 2.75) is 6.92 Å². The summed E-state index contributed by atoms with van der Waals surface area (Å²) in [6.45, 7) is 2.19. The molecule has 1 aromatic heterocycles. The lowest BCUT2D eigenvalue weighted by Crippen LogP contribution is -2.08. The number of hydrogen-bond donors (Lipinski definition) is 1. The molecule has 6 heteroatoms. The Balaban J connectivity index is 2.55. The van der Waals surface area contributed by atoms with Gasteiger partial charge in [-0.05, 0) is 19.1 Å². The van der Waals surface area contributed by atoms with Gasteiger partial charge in [0, 0.05) is 0 Å². The van der Waals surface area contributed by atoms with Gasteiger partial charge in [-0.25, -0.2) is 9.48 Å². The van der Waals surface area contributed by atoms with Gasteiger partial charge in [0.25, 0.3) is 0 Å². The van der Waals surface area contributed by atoms with Gasteiger partial charge in [0.2, 0.25) is 5.88 Å². The normalized spacial score (nSPS) is 10.2. The van der Waals surface area contributed by atoms with Crippen LogP contribution < -0.4 is 10.5 Å². The molecular formula is C13H15N3O3. The minimum Gasteiger partial charge on any atom is -0.476 e. The molecule has 0 bridgehead atoms. The van der Waals surface area contributed by atoms with E-state index in [1.165, 1.54) is 11.8 Å². The summed E-state index contributed by atoms with van der Waals surface area (Å²) in [6.07, 6.45) is 0. The zero-order chi connectivity index (χ0) is 13.8. The van der Waals surface area contributed by atoms with Crippen molar-refractivity contribution in [3.63, 3.8) is 0 Å². The molecule has 0 radical (unpaired) electrons. The predicted octanol–water partition coefficient (Wildman–Crippen LogP) is 1.64. The average molecular weight is 261 g/mol. The van der Waals surface area contributed by atoms with Crippen LogP contribution in [0.1, 0.15) is 17.3 Å². The van der Waals surface area contributed by atoms with Crippen LogP contribution in [0.5, 0.6) is 5.88 Å². The number of esters is 1. The Morgan fingerprint density at radius 1 is 1.37 bits per heavy atom. The van der Waals surface area contributed by atoms with E-state index in [9.17, 15) is 4.79 Å². The number of benzene rings is 1. The largest absolute Gasteiger partial charge is 0.476 e. The Kier molecular flexibility index (Phi) is 3.70. The molecule has 0 aliphatic carbocycles. The van der Waals surface area contributed by atoms with Gasteiger partial charge in [0.15, 0.2) is 5.56 Å². The number of nitrogen functional groups attached to an aromatic ring is 1. The van der Waals surface area contributed by atoms with E-state index in [-0.39, 0.29) is 17.3 Å². The molecule has 0 amide bonds. The van der Waals surface area contributed by atoms with Crippen LogP contribution in [-0.2, 0) is 4.74 Å². The third kappa shape index (κ3) is 2.37. The van der Waals surface area contributed by atoms with Gasteiger partial charge in [-0.2, -0.15) is 0 Å². The third-order valence-corrected chi connectivity index (χ3v) is 2.56. The maximum atomic E-state index is 11.7. The van der Waals surface area contributed by atoms with Crippen LogP contribution in [0, 0.1) is 0 Å². The molecule has 0 atom stereocenters. The summed E-state index contributed by atoms with van der Waals surface area (Å²) in [5.74, 6) is -0.194. The first-order chi connectivity index (χ1) is 9.19. The number of rotatable bonds is 4. The van der Waals surface area contributed by atoms with Crippen LogP contribution >= 0.6 is 0 Å². The fraction of sp³-hybridized carbons (Fsp3) is 0.231. The van der Waals surface area contributed by atoms with Gasteiger partial charge >= 0.3 is 5.97 Å². The number of carbonyl (C=O) groups excluding carboxylic acids is 1. The highest BCUT2D eigenvalue weighted by molar-refractivity contribution is 5.97. The second-order valence-electron chi connectivity index (χ2n) is 3.74. The Morgan fingerprint density at radius 3 is 2.63 bits per heavy atom. The lowest BCUT2D eigenvalue weighted by Gasteiger charge is -2.03. The molecule has 6 nitrogen and oxygen atoms in total. The van der Waals surface area contributed by atoms with Crippen molar-refractivity contribution in [3.8, 4) is 11.6 Å². The van der Waals surface area contributed by atoms with Gasteiger partial charge in [-0.15, -0.1) is 5.10 Å². The van der Waals surface area contributed by atoms with Crippen LogP contribution in [0.15, 0.2) is 30.3 Å². The number of nitrogens with zero attached hydrogens (tertiary/aromatic N) is 2. The smallest absolute Gasteiger partial charge is 0.347 e. The SMILES string of the molecule is CCOc1nn(-c2ccccc2)c(N)c1C(=O)OC. The first-order valence-electron chi connectivity index (χ1n) is 5.84. The highest BCUT2D eigenvalue weighted by atomic mass is 16.5. The Bertz CT molecular complexity index is 578. The minimum atomic E-state index is -0.567. The lowest BCUT2D eigenvalue weighted by atomic mass is 10.3. The fourth-order valence-electron chi connectivity index (χ4n) is 1.71. The van der Waals surface area contributed by atoms with E-state index in [0.29, 0.717) is 6.61 Å². The first kappa shape index (κ1) is 12.9. The topological polar surface area (TPSA) is 79.4 Å². The Hall–Kier alpha value is -2.50. The van der Waals surface area contributed by atoms with Gasteiger partial charge in [-0.1, -0.05) is 18.2 Å². The highest BCUT2D eigenvalue weighted by Gasteiger charge is 2.24. The summed E-state index contributed by atoms with van der Waals surface area (Å²) < 4.78 is 11.5. The summed E-state index contributed by atoms with van der Waals surface area (Å²) in [6, 6.07) is 9.26. The van der Waals surface area contributed by atoms with E-state index in [2.05, 4.69) is 5.10 Å². The summed E-state index contributed by atoms with van der Waals surface area (Å²) in [7, 11) is 1.29. The van der Waals surface area contributed by atoms with Crippen molar-refractivity contribution in [1.82, 2.24) is 9.78 Å². The van der Waals surface area contributed by atoms with Crippen LogP contribution in [0.2, 0.25) is 0 Å². The second kappa shape index (κ2) is 5.43. The van der Waals surface area contributed by atoms with E-state index in [1.807, 2.05) is 30.3 Å². The van der Waals surface area contributed by atoms with E-state index >= 15 is 0 Å². The van der Waals surface area contributed by atoms with Crippen molar-refractivity contribution < 1.29 is 14.3 Å². The third-order valence-electron chi connectivity index (χ3n) is 2.56. The molecule has 100 valence electrons. The van der Waals surface area contributed by atoms with Crippen molar-refractivity contribution in [3.05, 3.63) is 35.9 Å². The quantitative estimate of drug-likeness (QED) is 0.846.